The summed E-state index contributed by atoms with van der Waals surface area (Å²) >= 11 is 0. The molecule has 0 radical (unpaired) electrons. The lowest BCUT2D eigenvalue weighted by Crippen LogP contribution is -2.52. The fourth-order valence-electron chi connectivity index (χ4n) is 2.88. The molecule has 1 fully saturated rings. The van der Waals surface area contributed by atoms with Gasteiger partial charge >= 0.3 is 0 Å². The first-order valence-electron chi connectivity index (χ1n) is 7.54. The van der Waals surface area contributed by atoms with Crippen molar-refractivity contribution in [2.24, 2.45) is 0 Å². The molecule has 1 aromatic carbocycles. The number of nitrogens with zero attached hydrogens (tertiary/aromatic N) is 4. The molecule has 0 N–H and O–H groups in total. The Bertz CT molecular complexity index is 690. The van der Waals surface area contributed by atoms with Gasteiger partial charge in [0.25, 0.3) is 5.91 Å². The van der Waals surface area contributed by atoms with E-state index in [1.54, 1.807) is 11.8 Å². The average Bonchev–Trinajstić information content (AvgIpc) is 2.62. The molecule has 0 aliphatic carbocycles. The molecule has 1 atom stereocenters. The van der Waals surface area contributed by atoms with Crippen molar-refractivity contribution in [3.63, 3.8) is 0 Å². The van der Waals surface area contributed by atoms with Crippen LogP contribution in [0.3, 0.4) is 0 Å². The molecule has 23 heavy (non-hydrogen) atoms. The molecular formula is C17H18N4O2. The van der Waals surface area contributed by atoms with Crippen LogP contribution in [0.2, 0.25) is 0 Å². The normalized spacial score (nSPS) is 17.9. The number of hydrogen-bond donors (Lipinski definition) is 0. The molecule has 0 spiro atoms. The standard InChI is InChI=1S/C17H18N4O2/c1-13(22)21-10-9-20(17(23)15-11-18-7-8-19-15)12-16(21)14-5-3-2-4-6-14/h2-8,11,16H,9-10,12H2,1H3/t16-/m0/s1. The molecule has 0 unspecified atom stereocenters. The number of benzene rings is 1. The number of piperazine rings is 1. The van der Waals surface area contributed by atoms with Crippen LogP contribution in [0.25, 0.3) is 0 Å². The molecule has 1 aliphatic heterocycles. The Labute approximate surface area is 134 Å². The highest BCUT2D eigenvalue weighted by atomic mass is 16.2. The second kappa shape index (κ2) is 6.56. The van der Waals surface area contributed by atoms with E-state index in [-0.39, 0.29) is 17.9 Å². The molecule has 0 saturated carbocycles. The quantitative estimate of drug-likeness (QED) is 0.843. The van der Waals surface area contributed by atoms with Gasteiger partial charge in [-0.15, -0.1) is 0 Å². The largest absolute Gasteiger partial charge is 0.333 e. The van der Waals surface area contributed by atoms with E-state index in [1.807, 2.05) is 35.2 Å². The summed E-state index contributed by atoms with van der Waals surface area (Å²) < 4.78 is 0. The van der Waals surface area contributed by atoms with Gasteiger partial charge in [-0.25, -0.2) is 4.98 Å². The summed E-state index contributed by atoms with van der Waals surface area (Å²) in [5.74, 6) is -0.132. The average molecular weight is 310 g/mol. The SMILES string of the molecule is CC(=O)N1CCN(C(=O)c2cnccn2)C[C@H]1c1ccccc1. The third kappa shape index (κ3) is 3.21. The van der Waals surface area contributed by atoms with Crippen molar-refractivity contribution < 1.29 is 9.59 Å². The van der Waals surface area contributed by atoms with Gasteiger partial charge < -0.3 is 9.80 Å². The van der Waals surface area contributed by atoms with E-state index >= 15 is 0 Å². The van der Waals surface area contributed by atoms with E-state index < -0.39 is 0 Å². The van der Waals surface area contributed by atoms with E-state index in [9.17, 15) is 9.59 Å². The lowest BCUT2D eigenvalue weighted by Gasteiger charge is -2.41. The highest BCUT2D eigenvalue weighted by Gasteiger charge is 2.32. The summed E-state index contributed by atoms with van der Waals surface area (Å²) in [7, 11) is 0. The summed E-state index contributed by atoms with van der Waals surface area (Å²) in [6, 6.07) is 9.65. The Balaban J connectivity index is 1.84. The van der Waals surface area contributed by atoms with Crippen LogP contribution in [0.5, 0.6) is 0 Å². The molecule has 2 amide bonds. The van der Waals surface area contributed by atoms with Crippen LogP contribution < -0.4 is 0 Å². The third-order valence-electron chi connectivity index (χ3n) is 4.04. The fraction of sp³-hybridized carbons (Fsp3) is 0.294. The van der Waals surface area contributed by atoms with Crippen LogP contribution in [0.15, 0.2) is 48.9 Å². The second-order valence-corrected chi connectivity index (χ2v) is 5.48. The Morgan fingerprint density at radius 1 is 1.13 bits per heavy atom. The molecule has 118 valence electrons. The summed E-state index contributed by atoms with van der Waals surface area (Å²) in [6.45, 7) is 3.04. The van der Waals surface area contributed by atoms with Gasteiger partial charge in [-0.05, 0) is 5.56 Å². The number of hydrogen-bond acceptors (Lipinski definition) is 4. The Morgan fingerprint density at radius 2 is 1.91 bits per heavy atom. The van der Waals surface area contributed by atoms with E-state index in [4.69, 9.17) is 0 Å². The highest BCUT2D eigenvalue weighted by Crippen LogP contribution is 2.26. The van der Waals surface area contributed by atoms with Crippen LogP contribution in [0.1, 0.15) is 29.0 Å². The minimum atomic E-state index is -0.151. The zero-order chi connectivity index (χ0) is 16.2. The zero-order valence-electron chi connectivity index (χ0n) is 12.9. The van der Waals surface area contributed by atoms with Crippen molar-refractivity contribution in [1.29, 1.82) is 0 Å². The van der Waals surface area contributed by atoms with Gasteiger partial charge in [-0.3, -0.25) is 14.6 Å². The van der Waals surface area contributed by atoms with E-state index in [0.717, 1.165) is 5.56 Å². The first kappa shape index (κ1) is 15.1. The van der Waals surface area contributed by atoms with Gasteiger partial charge in [0.15, 0.2) is 0 Å². The summed E-state index contributed by atoms with van der Waals surface area (Å²) in [6.07, 6.45) is 4.52. The molecule has 6 heteroatoms. The predicted molar refractivity (Wildman–Crippen MR) is 84.5 cm³/mol. The third-order valence-corrected chi connectivity index (χ3v) is 4.04. The minimum absolute atomic E-state index is 0.0189. The van der Waals surface area contributed by atoms with Gasteiger partial charge in [0.2, 0.25) is 5.91 Å². The van der Waals surface area contributed by atoms with Gasteiger partial charge in [0.05, 0.1) is 12.2 Å². The van der Waals surface area contributed by atoms with E-state index in [2.05, 4.69) is 9.97 Å². The maximum atomic E-state index is 12.6. The molecule has 1 aromatic heterocycles. The Kier molecular flexibility index (Phi) is 4.32. The van der Waals surface area contributed by atoms with Crippen molar-refractivity contribution in [3.8, 4) is 0 Å². The Morgan fingerprint density at radius 3 is 2.57 bits per heavy atom. The van der Waals surface area contributed by atoms with Gasteiger partial charge in [0.1, 0.15) is 5.69 Å². The minimum Gasteiger partial charge on any atom is -0.333 e. The van der Waals surface area contributed by atoms with Crippen LogP contribution in [-0.2, 0) is 4.79 Å². The molecule has 0 bridgehead atoms. The van der Waals surface area contributed by atoms with E-state index in [1.165, 1.54) is 18.6 Å². The number of carbonyl (C=O) groups excluding carboxylic acids is 2. The van der Waals surface area contributed by atoms with Crippen LogP contribution in [0, 0.1) is 0 Å². The maximum absolute atomic E-state index is 12.6. The summed E-state index contributed by atoms with van der Waals surface area (Å²) in [5, 5.41) is 0. The van der Waals surface area contributed by atoms with Gasteiger partial charge in [-0.1, -0.05) is 30.3 Å². The number of carbonyl (C=O) groups is 2. The number of amides is 2. The number of rotatable bonds is 2. The molecule has 2 heterocycles. The Hall–Kier alpha value is -2.76. The smallest absolute Gasteiger partial charge is 0.274 e. The van der Waals surface area contributed by atoms with Crippen molar-refractivity contribution in [2.45, 2.75) is 13.0 Å². The molecule has 1 saturated heterocycles. The van der Waals surface area contributed by atoms with Gasteiger partial charge in [0, 0.05) is 39.0 Å². The first-order chi connectivity index (χ1) is 11.2. The van der Waals surface area contributed by atoms with Crippen molar-refractivity contribution in [3.05, 3.63) is 60.2 Å². The lowest BCUT2D eigenvalue weighted by atomic mass is 10.0. The summed E-state index contributed by atoms with van der Waals surface area (Å²) in [4.78, 5) is 36.1. The predicted octanol–water partition coefficient (Wildman–Crippen LogP) is 1.52. The molecular weight excluding hydrogens is 292 g/mol. The highest BCUT2D eigenvalue weighted by molar-refractivity contribution is 5.92. The van der Waals surface area contributed by atoms with Crippen molar-refractivity contribution >= 4 is 11.8 Å². The van der Waals surface area contributed by atoms with E-state index in [0.29, 0.717) is 25.3 Å². The van der Waals surface area contributed by atoms with Crippen LogP contribution in [-0.4, -0.2) is 51.2 Å². The van der Waals surface area contributed by atoms with Gasteiger partial charge in [-0.2, -0.15) is 0 Å². The monoisotopic (exact) mass is 310 g/mol. The zero-order valence-corrected chi connectivity index (χ0v) is 12.9. The molecule has 1 aliphatic rings. The number of aromatic nitrogens is 2. The first-order valence-corrected chi connectivity index (χ1v) is 7.54. The fourth-order valence-corrected chi connectivity index (χ4v) is 2.88. The lowest BCUT2D eigenvalue weighted by molar-refractivity contribution is -0.133. The second-order valence-electron chi connectivity index (χ2n) is 5.48. The maximum Gasteiger partial charge on any atom is 0.274 e. The van der Waals surface area contributed by atoms with Crippen LogP contribution >= 0.6 is 0 Å². The topological polar surface area (TPSA) is 66.4 Å². The summed E-state index contributed by atoms with van der Waals surface area (Å²) in [5.41, 5.74) is 1.36. The molecule has 2 aromatic rings. The van der Waals surface area contributed by atoms with Crippen LogP contribution in [0.4, 0.5) is 0 Å². The van der Waals surface area contributed by atoms with Crippen molar-refractivity contribution in [2.75, 3.05) is 19.6 Å². The van der Waals surface area contributed by atoms with Crippen molar-refractivity contribution in [1.82, 2.24) is 19.8 Å². The molecule has 6 nitrogen and oxygen atoms in total. The molecule has 3 rings (SSSR count).